The number of aliphatic imine (C=N–C) groups is 1. The lowest BCUT2D eigenvalue weighted by Gasteiger charge is -2.06. The van der Waals surface area contributed by atoms with E-state index < -0.39 is 11.8 Å². The first kappa shape index (κ1) is 12.8. The number of ether oxygens (including phenoxy) is 1. The highest BCUT2D eigenvalue weighted by atomic mass is 16.5. The normalized spacial score (nSPS) is 12.4. The number of amides is 2. The molecule has 1 aliphatic heterocycles. The van der Waals surface area contributed by atoms with E-state index in [2.05, 4.69) is 10.3 Å². The van der Waals surface area contributed by atoms with Crippen LogP contribution in [0.3, 0.4) is 0 Å². The van der Waals surface area contributed by atoms with Crippen molar-refractivity contribution in [2.24, 2.45) is 4.99 Å². The first-order chi connectivity index (χ1) is 10.2. The molecule has 3 rings (SSSR count). The SMILES string of the molecule is O=C=Nc1ccc(Oc2ccc3c(c2)C(=O)NC3=O)cc1. The third kappa shape index (κ3) is 2.43. The van der Waals surface area contributed by atoms with Crippen LogP contribution in [-0.4, -0.2) is 17.9 Å². The van der Waals surface area contributed by atoms with E-state index >= 15 is 0 Å². The Hall–Kier alpha value is -3.24. The van der Waals surface area contributed by atoms with E-state index in [1.54, 1.807) is 30.3 Å². The van der Waals surface area contributed by atoms with E-state index in [9.17, 15) is 14.4 Å². The van der Waals surface area contributed by atoms with E-state index in [1.807, 2.05) is 0 Å². The van der Waals surface area contributed by atoms with Crippen molar-refractivity contribution in [1.29, 1.82) is 0 Å². The molecule has 6 nitrogen and oxygen atoms in total. The van der Waals surface area contributed by atoms with Crippen LogP contribution in [0.2, 0.25) is 0 Å². The zero-order valence-electron chi connectivity index (χ0n) is 10.6. The van der Waals surface area contributed by atoms with Gasteiger partial charge in [-0.25, -0.2) is 4.79 Å². The summed E-state index contributed by atoms with van der Waals surface area (Å²) < 4.78 is 5.59. The van der Waals surface area contributed by atoms with Gasteiger partial charge in [0, 0.05) is 0 Å². The molecule has 1 heterocycles. The predicted octanol–water partition coefficient (Wildman–Crippen LogP) is 2.33. The maximum atomic E-state index is 11.6. The van der Waals surface area contributed by atoms with Crippen LogP contribution in [-0.2, 0) is 4.79 Å². The Kier molecular flexibility index (Phi) is 3.06. The second-order valence-electron chi connectivity index (χ2n) is 4.29. The molecule has 0 bridgehead atoms. The van der Waals surface area contributed by atoms with Gasteiger partial charge in [-0.1, -0.05) is 0 Å². The van der Waals surface area contributed by atoms with Crippen molar-refractivity contribution in [1.82, 2.24) is 5.32 Å². The molecule has 2 aromatic carbocycles. The van der Waals surface area contributed by atoms with Gasteiger partial charge >= 0.3 is 0 Å². The molecule has 2 aromatic rings. The van der Waals surface area contributed by atoms with Gasteiger partial charge in [-0.15, -0.1) is 0 Å². The van der Waals surface area contributed by atoms with Crippen molar-refractivity contribution in [2.45, 2.75) is 0 Å². The zero-order valence-corrected chi connectivity index (χ0v) is 10.6. The average molecular weight is 280 g/mol. The molecule has 21 heavy (non-hydrogen) atoms. The number of benzene rings is 2. The molecule has 0 atom stereocenters. The average Bonchev–Trinajstić information content (AvgIpc) is 2.76. The van der Waals surface area contributed by atoms with Gasteiger partial charge in [-0.2, -0.15) is 4.99 Å². The van der Waals surface area contributed by atoms with Crippen molar-refractivity contribution in [2.75, 3.05) is 0 Å². The van der Waals surface area contributed by atoms with E-state index in [0.717, 1.165) is 0 Å². The maximum absolute atomic E-state index is 11.6. The molecule has 2 amide bonds. The topological polar surface area (TPSA) is 84.8 Å². The predicted molar refractivity (Wildman–Crippen MR) is 72.5 cm³/mol. The molecule has 0 radical (unpaired) electrons. The van der Waals surface area contributed by atoms with Crippen molar-refractivity contribution in [3.63, 3.8) is 0 Å². The van der Waals surface area contributed by atoms with E-state index in [0.29, 0.717) is 28.3 Å². The van der Waals surface area contributed by atoms with Gasteiger partial charge in [-0.05, 0) is 42.5 Å². The number of carbonyl (C=O) groups is 2. The van der Waals surface area contributed by atoms with Crippen LogP contribution in [0, 0.1) is 0 Å². The molecule has 0 aromatic heterocycles. The van der Waals surface area contributed by atoms with Crippen molar-refractivity contribution in [3.05, 3.63) is 53.6 Å². The Balaban J connectivity index is 1.86. The second kappa shape index (κ2) is 5.03. The minimum atomic E-state index is -0.434. The lowest BCUT2D eigenvalue weighted by molar-refractivity contribution is 0.0879. The Bertz CT molecular complexity index is 790. The number of nitrogens with one attached hydrogen (secondary N) is 1. The van der Waals surface area contributed by atoms with E-state index in [1.165, 1.54) is 18.2 Å². The molecule has 0 aliphatic carbocycles. The molecular weight excluding hydrogens is 272 g/mol. The Morgan fingerprint density at radius 3 is 2.29 bits per heavy atom. The maximum Gasteiger partial charge on any atom is 0.259 e. The summed E-state index contributed by atoms with van der Waals surface area (Å²) in [6.45, 7) is 0. The molecule has 0 saturated heterocycles. The number of hydrogen-bond donors (Lipinski definition) is 1. The summed E-state index contributed by atoms with van der Waals surface area (Å²) >= 11 is 0. The van der Waals surface area contributed by atoms with Crippen molar-refractivity contribution < 1.29 is 19.1 Å². The van der Waals surface area contributed by atoms with Crippen LogP contribution >= 0.6 is 0 Å². The Morgan fingerprint density at radius 1 is 0.905 bits per heavy atom. The van der Waals surface area contributed by atoms with E-state index in [4.69, 9.17) is 4.74 Å². The fourth-order valence-corrected chi connectivity index (χ4v) is 1.99. The van der Waals surface area contributed by atoms with Crippen molar-refractivity contribution in [3.8, 4) is 11.5 Å². The first-order valence-electron chi connectivity index (χ1n) is 6.03. The van der Waals surface area contributed by atoms with Gasteiger partial charge in [0.05, 0.1) is 16.8 Å². The van der Waals surface area contributed by atoms with Crippen LogP contribution in [0.1, 0.15) is 20.7 Å². The summed E-state index contributed by atoms with van der Waals surface area (Å²) in [7, 11) is 0. The van der Waals surface area contributed by atoms with Crippen LogP contribution in [0.5, 0.6) is 11.5 Å². The summed E-state index contributed by atoms with van der Waals surface area (Å²) in [5.74, 6) is 0.114. The molecule has 0 spiro atoms. The minimum Gasteiger partial charge on any atom is -0.457 e. The highest BCUT2D eigenvalue weighted by molar-refractivity contribution is 6.21. The number of rotatable bonds is 3. The summed E-state index contributed by atoms with van der Waals surface area (Å²) in [5, 5.41) is 2.21. The Labute approximate surface area is 119 Å². The standard InChI is InChI=1S/C15H8N2O4/c18-8-16-9-1-3-10(4-2-9)21-11-5-6-12-13(7-11)15(20)17-14(12)19/h1-7H,(H,17,19,20). The van der Waals surface area contributed by atoms with Crippen LogP contribution in [0.15, 0.2) is 47.5 Å². The fraction of sp³-hybridized carbons (Fsp3) is 0. The van der Waals surface area contributed by atoms with Gasteiger partial charge in [0.2, 0.25) is 6.08 Å². The summed E-state index contributed by atoms with van der Waals surface area (Å²) in [6, 6.07) is 11.1. The van der Waals surface area contributed by atoms with Gasteiger partial charge in [0.25, 0.3) is 11.8 Å². The van der Waals surface area contributed by atoms with Crippen LogP contribution in [0.25, 0.3) is 0 Å². The summed E-state index contributed by atoms with van der Waals surface area (Å²) in [5.41, 5.74) is 1.10. The quantitative estimate of drug-likeness (QED) is 0.531. The van der Waals surface area contributed by atoms with Gasteiger partial charge in [0.15, 0.2) is 0 Å². The number of nitrogens with zero attached hydrogens (tertiary/aromatic N) is 1. The second-order valence-corrected chi connectivity index (χ2v) is 4.29. The third-order valence-electron chi connectivity index (χ3n) is 2.95. The smallest absolute Gasteiger partial charge is 0.259 e. The number of imide groups is 1. The lowest BCUT2D eigenvalue weighted by Crippen LogP contribution is -2.19. The first-order valence-corrected chi connectivity index (χ1v) is 6.03. The van der Waals surface area contributed by atoms with E-state index in [-0.39, 0.29) is 0 Å². The molecule has 6 heteroatoms. The molecule has 0 unspecified atom stereocenters. The molecule has 0 fully saturated rings. The number of hydrogen-bond acceptors (Lipinski definition) is 5. The molecular formula is C15H8N2O4. The molecule has 102 valence electrons. The largest absolute Gasteiger partial charge is 0.457 e. The van der Waals surface area contributed by atoms with Gasteiger partial charge < -0.3 is 4.74 Å². The third-order valence-corrected chi connectivity index (χ3v) is 2.95. The molecule has 1 N–H and O–H groups in total. The summed E-state index contributed by atoms with van der Waals surface area (Å²) in [6.07, 6.45) is 1.45. The highest BCUT2D eigenvalue weighted by Crippen LogP contribution is 2.27. The number of carbonyl (C=O) groups excluding carboxylic acids is 3. The molecule has 0 saturated carbocycles. The van der Waals surface area contributed by atoms with Gasteiger partial charge in [-0.3, -0.25) is 14.9 Å². The minimum absolute atomic E-state index is 0.291. The summed E-state index contributed by atoms with van der Waals surface area (Å²) in [4.78, 5) is 36.6. The highest BCUT2D eigenvalue weighted by Gasteiger charge is 2.26. The fourth-order valence-electron chi connectivity index (χ4n) is 1.99. The van der Waals surface area contributed by atoms with Crippen LogP contribution < -0.4 is 10.1 Å². The van der Waals surface area contributed by atoms with Crippen LogP contribution in [0.4, 0.5) is 5.69 Å². The number of isocyanates is 1. The number of fused-ring (bicyclic) bond motifs is 1. The van der Waals surface area contributed by atoms with Gasteiger partial charge in [0.1, 0.15) is 11.5 Å². The lowest BCUT2D eigenvalue weighted by atomic mass is 10.1. The van der Waals surface area contributed by atoms with Crippen molar-refractivity contribution >= 4 is 23.6 Å². The molecule has 1 aliphatic rings. The Morgan fingerprint density at radius 2 is 1.57 bits per heavy atom. The zero-order chi connectivity index (χ0) is 14.8. The monoisotopic (exact) mass is 280 g/mol.